The Kier molecular flexibility index (Phi) is 5.20. The molecule has 0 heterocycles. The fourth-order valence-electron chi connectivity index (χ4n) is 0.716. The molecule has 0 rings (SSSR count). The summed E-state index contributed by atoms with van der Waals surface area (Å²) in [5, 5.41) is 26.1. The SMILES string of the molecule is C=CC[C@@H](CO)[C@@H](O)CO. The van der Waals surface area contributed by atoms with E-state index in [1.54, 1.807) is 6.08 Å². The molecule has 0 aromatic rings. The fraction of sp³-hybridized carbons (Fsp3) is 0.714. The summed E-state index contributed by atoms with van der Waals surface area (Å²) in [5.41, 5.74) is 0. The van der Waals surface area contributed by atoms with E-state index in [9.17, 15) is 0 Å². The van der Waals surface area contributed by atoms with Gasteiger partial charge >= 0.3 is 0 Å². The third-order valence-electron chi connectivity index (χ3n) is 1.44. The molecular weight excluding hydrogens is 132 g/mol. The van der Waals surface area contributed by atoms with Gasteiger partial charge in [0.05, 0.1) is 12.7 Å². The van der Waals surface area contributed by atoms with E-state index in [0.717, 1.165) is 0 Å². The minimum absolute atomic E-state index is 0.117. The van der Waals surface area contributed by atoms with Gasteiger partial charge in [-0.25, -0.2) is 0 Å². The standard InChI is InChI=1S/C7H14O3/c1-2-3-6(4-8)7(10)5-9/h2,6-10H,1,3-5H2/t6-,7-/m0/s1. The number of rotatable bonds is 5. The second-order valence-corrected chi connectivity index (χ2v) is 2.22. The molecule has 3 nitrogen and oxygen atoms in total. The lowest BCUT2D eigenvalue weighted by Crippen LogP contribution is -2.26. The van der Waals surface area contributed by atoms with Crippen LogP contribution in [0.5, 0.6) is 0 Å². The maximum atomic E-state index is 8.99. The van der Waals surface area contributed by atoms with Gasteiger partial charge in [0, 0.05) is 12.5 Å². The van der Waals surface area contributed by atoms with E-state index in [-0.39, 0.29) is 19.1 Å². The van der Waals surface area contributed by atoms with Gasteiger partial charge in [-0.1, -0.05) is 6.08 Å². The first kappa shape index (κ1) is 9.62. The number of aliphatic hydroxyl groups excluding tert-OH is 3. The molecule has 0 bridgehead atoms. The van der Waals surface area contributed by atoms with Gasteiger partial charge in [-0.3, -0.25) is 0 Å². The Hall–Kier alpha value is -0.380. The molecule has 0 spiro atoms. The third kappa shape index (κ3) is 2.96. The highest BCUT2D eigenvalue weighted by molar-refractivity contribution is 4.77. The first-order chi connectivity index (χ1) is 4.76. The molecule has 0 saturated heterocycles. The molecule has 0 aliphatic heterocycles. The second-order valence-electron chi connectivity index (χ2n) is 2.22. The topological polar surface area (TPSA) is 60.7 Å². The number of allylic oxidation sites excluding steroid dienone is 1. The van der Waals surface area contributed by atoms with E-state index in [4.69, 9.17) is 15.3 Å². The Labute approximate surface area is 60.6 Å². The smallest absolute Gasteiger partial charge is 0.0823 e. The molecule has 0 aliphatic carbocycles. The highest BCUT2D eigenvalue weighted by Crippen LogP contribution is 2.07. The van der Waals surface area contributed by atoms with Crippen LogP contribution in [-0.4, -0.2) is 34.6 Å². The maximum absolute atomic E-state index is 8.99. The van der Waals surface area contributed by atoms with E-state index in [2.05, 4.69) is 6.58 Å². The molecule has 0 aromatic carbocycles. The van der Waals surface area contributed by atoms with Gasteiger partial charge in [0.1, 0.15) is 0 Å². The van der Waals surface area contributed by atoms with Crippen LogP contribution in [0.3, 0.4) is 0 Å². The van der Waals surface area contributed by atoms with Crippen LogP contribution >= 0.6 is 0 Å². The van der Waals surface area contributed by atoms with E-state index in [1.807, 2.05) is 0 Å². The van der Waals surface area contributed by atoms with Gasteiger partial charge < -0.3 is 15.3 Å². The molecule has 0 aliphatic rings. The largest absolute Gasteiger partial charge is 0.396 e. The van der Waals surface area contributed by atoms with E-state index < -0.39 is 6.10 Å². The molecule has 0 aromatic heterocycles. The molecule has 0 fully saturated rings. The van der Waals surface area contributed by atoms with Gasteiger partial charge in [0.2, 0.25) is 0 Å². The van der Waals surface area contributed by atoms with Crippen LogP contribution in [0.1, 0.15) is 6.42 Å². The summed E-state index contributed by atoms with van der Waals surface area (Å²) >= 11 is 0. The summed E-state index contributed by atoms with van der Waals surface area (Å²) in [5.74, 6) is -0.275. The first-order valence-electron chi connectivity index (χ1n) is 3.27. The lowest BCUT2D eigenvalue weighted by molar-refractivity contribution is 0.0239. The lowest BCUT2D eigenvalue weighted by Gasteiger charge is -2.16. The zero-order chi connectivity index (χ0) is 7.98. The van der Waals surface area contributed by atoms with Crippen molar-refractivity contribution in [2.24, 2.45) is 5.92 Å². The summed E-state index contributed by atoms with van der Waals surface area (Å²) in [6, 6.07) is 0. The van der Waals surface area contributed by atoms with E-state index in [1.165, 1.54) is 0 Å². The summed E-state index contributed by atoms with van der Waals surface area (Å²) < 4.78 is 0. The molecule has 0 radical (unpaired) electrons. The second kappa shape index (κ2) is 5.41. The molecule has 10 heavy (non-hydrogen) atoms. The van der Waals surface area contributed by atoms with Gasteiger partial charge in [-0.15, -0.1) is 6.58 Å². The van der Waals surface area contributed by atoms with E-state index in [0.29, 0.717) is 6.42 Å². The van der Waals surface area contributed by atoms with Gasteiger partial charge in [-0.05, 0) is 6.42 Å². The van der Waals surface area contributed by atoms with Crippen molar-refractivity contribution in [3.05, 3.63) is 12.7 Å². The van der Waals surface area contributed by atoms with Crippen molar-refractivity contribution in [1.82, 2.24) is 0 Å². The van der Waals surface area contributed by atoms with E-state index >= 15 is 0 Å². The Morgan fingerprint density at radius 3 is 2.20 bits per heavy atom. The minimum Gasteiger partial charge on any atom is -0.396 e. The van der Waals surface area contributed by atoms with Crippen LogP contribution in [-0.2, 0) is 0 Å². The molecule has 0 amide bonds. The highest BCUT2D eigenvalue weighted by atomic mass is 16.3. The van der Waals surface area contributed by atoms with Crippen molar-refractivity contribution < 1.29 is 15.3 Å². The zero-order valence-electron chi connectivity index (χ0n) is 5.90. The minimum atomic E-state index is -0.831. The Morgan fingerprint density at radius 1 is 1.30 bits per heavy atom. The maximum Gasteiger partial charge on any atom is 0.0823 e. The molecule has 0 saturated carbocycles. The Morgan fingerprint density at radius 2 is 1.90 bits per heavy atom. The highest BCUT2D eigenvalue weighted by Gasteiger charge is 2.14. The first-order valence-corrected chi connectivity index (χ1v) is 3.27. The molecule has 0 unspecified atom stereocenters. The predicted molar refractivity (Wildman–Crippen MR) is 38.5 cm³/mol. The van der Waals surface area contributed by atoms with Crippen molar-refractivity contribution in [3.63, 3.8) is 0 Å². The number of aliphatic hydroxyl groups is 3. The van der Waals surface area contributed by atoms with Crippen LogP contribution < -0.4 is 0 Å². The van der Waals surface area contributed by atoms with Crippen molar-refractivity contribution in [2.75, 3.05) is 13.2 Å². The van der Waals surface area contributed by atoms with Crippen molar-refractivity contribution >= 4 is 0 Å². The van der Waals surface area contributed by atoms with Gasteiger partial charge in [0.25, 0.3) is 0 Å². The summed E-state index contributed by atoms with van der Waals surface area (Å²) in [7, 11) is 0. The van der Waals surface area contributed by atoms with Crippen molar-refractivity contribution in [2.45, 2.75) is 12.5 Å². The summed E-state index contributed by atoms with van der Waals surface area (Å²) in [4.78, 5) is 0. The average Bonchev–Trinajstić information content (AvgIpc) is 1.99. The van der Waals surface area contributed by atoms with Crippen LogP contribution in [0.15, 0.2) is 12.7 Å². The van der Waals surface area contributed by atoms with Gasteiger partial charge in [0.15, 0.2) is 0 Å². The van der Waals surface area contributed by atoms with Crippen LogP contribution in [0, 0.1) is 5.92 Å². The van der Waals surface area contributed by atoms with Crippen LogP contribution in [0.25, 0.3) is 0 Å². The molecule has 3 heteroatoms. The Bertz CT molecular complexity index is 92.9. The quantitative estimate of drug-likeness (QED) is 0.459. The summed E-state index contributed by atoms with van der Waals surface area (Å²) in [6.07, 6.45) is 1.31. The lowest BCUT2D eigenvalue weighted by atomic mass is 10.0. The molecule has 60 valence electrons. The molecule has 2 atom stereocenters. The average molecular weight is 146 g/mol. The number of hydrogen-bond acceptors (Lipinski definition) is 3. The third-order valence-corrected chi connectivity index (χ3v) is 1.44. The molecular formula is C7H14O3. The Balaban J connectivity index is 3.67. The number of hydrogen-bond donors (Lipinski definition) is 3. The normalized spacial score (nSPS) is 16.3. The van der Waals surface area contributed by atoms with Crippen molar-refractivity contribution in [3.8, 4) is 0 Å². The fourth-order valence-corrected chi connectivity index (χ4v) is 0.716. The predicted octanol–water partition coefficient (Wildman–Crippen LogP) is -0.476. The zero-order valence-corrected chi connectivity index (χ0v) is 5.90. The summed E-state index contributed by atoms with van der Waals surface area (Å²) in [6.45, 7) is 3.04. The van der Waals surface area contributed by atoms with Crippen LogP contribution in [0.4, 0.5) is 0 Å². The monoisotopic (exact) mass is 146 g/mol. The molecule has 3 N–H and O–H groups in total. The van der Waals surface area contributed by atoms with Gasteiger partial charge in [-0.2, -0.15) is 0 Å². The van der Waals surface area contributed by atoms with Crippen LogP contribution in [0.2, 0.25) is 0 Å². The van der Waals surface area contributed by atoms with Crippen molar-refractivity contribution in [1.29, 1.82) is 0 Å².